The van der Waals surface area contributed by atoms with Crippen LogP contribution in [0.1, 0.15) is 40.6 Å². The molecule has 1 atom stereocenters. The molecule has 3 aromatic rings. The number of carbonyl (C=O) groups excluding carboxylic acids is 1. The summed E-state index contributed by atoms with van der Waals surface area (Å²) in [7, 11) is 0. The highest BCUT2D eigenvalue weighted by molar-refractivity contribution is 7.09. The standard InChI is InChI=1S/C16H14F3N5OS/c1-2-11(15-22-13(9-26-15)16(17,18)19)21-14(25)12-8-20-24(23-12)10-6-4-3-5-7-10/h3-9,11H,2H2,1H3,(H,21,25). The lowest BCUT2D eigenvalue weighted by molar-refractivity contribution is -0.140. The van der Waals surface area contributed by atoms with Crippen LogP contribution in [0.2, 0.25) is 0 Å². The molecule has 0 aliphatic carbocycles. The van der Waals surface area contributed by atoms with Gasteiger partial charge in [0.1, 0.15) is 5.01 Å². The number of thiazole rings is 1. The summed E-state index contributed by atoms with van der Waals surface area (Å²) in [6.45, 7) is 1.75. The van der Waals surface area contributed by atoms with Crippen molar-refractivity contribution in [3.63, 3.8) is 0 Å². The SMILES string of the molecule is CCC(NC(=O)c1cnn(-c2ccccc2)n1)c1nc(C(F)(F)F)cs1. The van der Waals surface area contributed by atoms with Crippen molar-refractivity contribution in [2.75, 3.05) is 0 Å². The molecule has 0 fully saturated rings. The lowest BCUT2D eigenvalue weighted by atomic mass is 10.2. The van der Waals surface area contributed by atoms with Crippen LogP contribution in [-0.4, -0.2) is 25.9 Å². The molecule has 1 aromatic carbocycles. The van der Waals surface area contributed by atoms with Crippen LogP contribution >= 0.6 is 11.3 Å². The van der Waals surface area contributed by atoms with Crippen molar-refractivity contribution in [1.29, 1.82) is 0 Å². The third-order valence-electron chi connectivity index (χ3n) is 3.54. The molecule has 10 heteroatoms. The molecule has 3 rings (SSSR count). The van der Waals surface area contributed by atoms with E-state index in [1.165, 1.54) is 11.0 Å². The van der Waals surface area contributed by atoms with E-state index in [4.69, 9.17) is 0 Å². The summed E-state index contributed by atoms with van der Waals surface area (Å²) in [5.41, 5.74) is -0.201. The van der Waals surface area contributed by atoms with Crippen molar-refractivity contribution in [3.05, 3.63) is 58.3 Å². The van der Waals surface area contributed by atoms with E-state index in [9.17, 15) is 18.0 Å². The molecule has 2 aromatic heterocycles. The van der Waals surface area contributed by atoms with Crippen molar-refractivity contribution < 1.29 is 18.0 Å². The van der Waals surface area contributed by atoms with Gasteiger partial charge < -0.3 is 5.32 Å². The Morgan fingerprint density at radius 2 is 2.04 bits per heavy atom. The van der Waals surface area contributed by atoms with Gasteiger partial charge in [0.05, 0.1) is 17.9 Å². The highest BCUT2D eigenvalue weighted by Crippen LogP contribution is 2.32. The zero-order valence-electron chi connectivity index (χ0n) is 13.6. The summed E-state index contributed by atoms with van der Waals surface area (Å²) in [4.78, 5) is 17.3. The van der Waals surface area contributed by atoms with Gasteiger partial charge in [-0.05, 0) is 18.6 Å². The van der Waals surface area contributed by atoms with Gasteiger partial charge >= 0.3 is 6.18 Å². The number of nitrogens with one attached hydrogen (secondary N) is 1. The highest BCUT2D eigenvalue weighted by Gasteiger charge is 2.34. The maximum atomic E-state index is 12.7. The Labute approximate surface area is 150 Å². The summed E-state index contributed by atoms with van der Waals surface area (Å²) in [5.74, 6) is -0.525. The van der Waals surface area contributed by atoms with E-state index in [1.54, 1.807) is 19.1 Å². The molecule has 26 heavy (non-hydrogen) atoms. The van der Waals surface area contributed by atoms with Crippen LogP contribution < -0.4 is 5.32 Å². The molecular weight excluding hydrogens is 367 g/mol. The smallest absolute Gasteiger partial charge is 0.341 e. The van der Waals surface area contributed by atoms with Gasteiger partial charge in [-0.1, -0.05) is 25.1 Å². The zero-order chi connectivity index (χ0) is 18.7. The first-order valence-corrected chi connectivity index (χ1v) is 8.57. The fourth-order valence-electron chi connectivity index (χ4n) is 2.20. The maximum Gasteiger partial charge on any atom is 0.434 e. The van der Waals surface area contributed by atoms with Gasteiger partial charge in [-0.2, -0.15) is 23.1 Å². The number of hydrogen-bond donors (Lipinski definition) is 1. The molecule has 6 nitrogen and oxygen atoms in total. The second-order valence-electron chi connectivity index (χ2n) is 5.36. The van der Waals surface area contributed by atoms with Crippen LogP contribution in [0.5, 0.6) is 0 Å². The van der Waals surface area contributed by atoms with Gasteiger partial charge in [-0.15, -0.1) is 16.4 Å². The fraction of sp³-hybridized carbons (Fsp3) is 0.250. The topological polar surface area (TPSA) is 72.7 Å². The lowest BCUT2D eigenvalue weighted by Crippen LogP contribution is -2.28. The third-order valence-corrected chi connectivity index (χ3v) is 4.49. The summed E-state index contributed by atoms with van der Waals surface area (Å²) >= 11 is 0.861. The van der Waals surface area contributed by atoms with Crippen molar-refractivity contribution in [2.45, 2.75) is 25.6 Å². The summed E-state index contributed by atoms with van der Waals surface area (Å²) in [6, 6.07) is 8.40. The minimum absolute atomic E-state index is 0.0694. The minimum Gasteiger partial charge on any atom is -0.341 e. The van der Waals surface area contributed by atoms with E-state index in [0.717, 1.165) is 16.7 Å². The Hall–Kier alpha value is -2.75. The van der Waals surface area contributed by atoms with E-state index >= 15 is 0 Å². The van der Waals surface area contributed by atoms with Gasteiger partial charge in [-0.3, -0.25) is 4.79 Å². The Morgan fingerprint density at radius 1 is 1.31 bits per heavy atom. The van der Waals surface area contributed by atoms with Gasteiger partial charge in [0.15, 0.2) is 11.4 Å². The molecule has 1 unspecified atom stereocenters. The van der Waals surface area contributed by atoms with E-state index < -0.39 is 23.8 Å². The summed E-state index contributed by atoms with van der Waals surface area (Å²) in [5, 5.41) is 11.9. The maximum absolute atomic E-state index is 12.7. The van der Waals surface area contributed by atoms with Crippen LogP contribution in [0.25, 0.3) is 5.69 Å². The van der Waals surface area contributed by atoms with Crippen LogP contribution in [0, 0.1) is 0 Å². The lowest BCUT2D eigenvalue weighted by Gasteiger charge is -2.13. The largest absolute Gasteiger partial charge is 0.434 e. The average Bonchev–Trinajstić information content (AvgIpc) is 3.29. The molecule has 136 valence electrons. The van der Waals surface area contributed by atoms with Crippen molar-refractivity contribution in [3.8, 4) is 5.69 Å². The van der Waals surface area contributed by atoms with Gasteiger partial charge in [0.2, 0.25) is 0 Å². The molecule has 0 radical (unpaired) electrons. The van der Waals surface area contributed by atoms with E-state index in [0.29, 0.717) is 12.1 Å². The minimum atomic E-state index is -4.50. The molecule has 0 saturated heterocycles. The first-order chi connectivity index (χ1) is 12.4. The van der Waals surface area contributed by atoms with Crippen molar-refractivity contribution in [1.82, 2.24) is 25.3 Å². The normalized spacial score (nSPS) is 12.8. The van der Waals surface area contributed by atoms with Gasteiger partial charge in [0, 0.05) is 5.38 Å². The molecule has 0 spiro atoms. The number of carbonyl (C=O) groups is 1. The first-order valence-electron chi connectivity index (χ1n) is 7.69. The molecule has 0 aliphatic heterocycles. The number of hydrogen-bond acceptors (Lipinski definition) is 5. The van der Waals surface area contributed by atoms with Crippen LogP contribution in [0.3, 0.4) is 0 Å². The Morgan fingerprint density at radius 3 is 2.65 bits per heavy atom. The Bertz CT molecular complexity index is 891. The number of para-hydroxylation sites is 1. The van der Waals surface area contributed by atoms with Crippen LogP contribution in [-0.2, 0) is 6.18 Å². The number of alkyl halides is 3. The van der Waals surface area contributed by atoms with E-state index in [2.05, 4.69) is 20.5 Å². The fourth-order valence-corrected chi connectivity index (χ4v) is 3.16. The quantitative estimate of drug-likeness (QED) is 0.733. The highest BCUT2D eigenvalue weighted by atomic mass is 32.1. The average molecular weight is 381 g/mol. The molecule has 1 N–H and O–H groups in total. The van der Waals surface area contributed by atoms with Crippen molar-refractivity contribution >= 4 is 17.2 Å². The van der Waals surface area contributed by atoms with Crippen LogP contribution in [0.4, 0.5) is 13.2 Å². The monoisotopic (exact) mass is 381 g/mol. The van der Waals surface area contributed by atoms with Crippen molar-refractivity contribution in [2.24, 2.45) is 0 Å². The molecule has 0 bridgehead atoms. The third kappa shape index (κ3) is 3.90. The Balaban J connectivity index is 1.74. The zero-order valence-corrected chi connectivity index (χ0v) is 14.4. The van der Waals surface area contributed by atoms with E-state index in [1.807, 2.05) is 18.2 Å². The number of benzene rings is 1. The number of nitrogens with zero attached hydrogens (tertiary/aromatic N) is 4. The summed E-state index contributed by atoms with van der Waals surface area (Å²) in [6.07, 6.45) is -2.81. The predicted octanol–water partition coefficient (Wildman–Crippen LogP) is 3.62. The number of halogens is 3. The molecule has 0 aliphatic rings. The number of amides is 1. The Kier molecular flexibility index (Phi) is 5.03. The number of rotatable bonds is 5. The second kappa shape index (κ2) is 7.24. The molecular formula is C16H14F3N5OS. The summed E-state index contributed by atoms with van der Waals surface area (Å²) < 4.78 is 38.1. The van der Waals surface area contributed by atoms with Crippen LogP contribution in [0.15, 0.2) is 41.9 Å². The number of aromatic nitrogens is 4. The first kappa shape index (κ1) is 18.1. The second-order valence-corrected chi connectivity index (χ2v) is 6.25. The molecule has 2 heterocycles. The molecule has 0 saturated carbocycles. The molecule has 1 amide bonds. The van der Waals surface area contributed by atoms with Gasteiger partial charge in [-0.25, -0.2) is 4.98 Å². The van der Waals surface area contributed by atoms with Gasteiger partial charge in [0.25, 0.3) is 5.91 Å². The van der Waals surface area contributed by atoms with E-state index in [-0.39, 0.29) is 10.7 Å². The predicted molar refractivity (Wildman–Crippen MR) is 89.0 cm³/mol.